The highest BCUT2D eigenvalue weighted by atomic mass is 16.6. The van der Waals surface area contributed by atoms with Crippen LogP contribution < -0.4 is 20.1 Å². The van der Waals surface area contributed by atoms with Crippen molar-refractivity contribution in [3.8, 4) is 17.3 Å². The fourth-order valence-electron chi connectivity index (χ4n) is 7.67. The standard InChI is InChI=1S/C38H45N5O8/c1-49-26-15-16-28-30(19-26)39-33(42-17-9-10-18-42)21-32(28)50-27-20-31-34(44)41-38(36(46)47)22-24(38)11-5-3-2-4-6-14-29(35(45)43(31)23-27)40-37(48)51-25-12-7-8-13-25/h5,9-11,15-19,21,24-25,27,29,31H,2-4,6-8,12-14,20,22-23H2,1H3,(H,40,48)(H,41,44)(H,46,47)/b11-5-/t24-,27+,29-,31?,38+/m0/s1. The first-order valence-electron chi connectivity index (χ1n) is 18.0. The van der Waals surface area contributed by atoms with Gasteiger partial charge in [0.15, 0.2) is 0 Å². The SMILES string of the molecule is COc1ccc2c(O[C@@H]3CC4C(=O)N[C@]5(C(=O)O)C[C@@H]5/C=C\CCCCC[C@H](NC(=O)OC5CCCC5)C(=O)N4C3)cc(-n3cccc3)nc2c1. The number of ether oxygens (including phenoxy) is 3. The van der Waals surface area contributed by atoms with Crippen LogP contribution in [-0.4, -0.2) is 86.9 Å². The average molecular weight is 700 g/mol. The van der Waals surface area contributed by atoms with E-state index in [1.807, 2.05) is 65.5 Å². The van der Waals surface area contributed by atoms with Crippen molar-refractivity contribution in [2.75, 3.05) is 13.7 Å². The Balaban J connectivity index is 1.20. The number of aliphatic carboxylic acids is 1. The lowest BCUT2D eigenvalue weighted by atomic mass is 10.0. The van der Waals surface area contributed by atoms with Crippen molar-refractivity contribution in [1.82, 2.24) is 25.1 Å². The molecule has 13 heteroatoms. The fraction of sp³-hybridized carbons (Fsp3) is 0.500. The Bertz CT molecular complexity index is 1800. The summed E-state index contributed by atoms with van der Waals surface area (Å²) < 4.78 is 19.6. The van der Waals surface area contributed by atoms with Crippen LogP contribution in [0.2, 0.25) is 0 Å². The number of hydrogen-bond donors (Lipinski definition) is 3. The van der Waals surface area contributed by atoms with Crippen molar-refractivity contribution in [2.45, 2.75) is 100 Å². The first kappa shape index (κ1) is 34.4. The summed E-state index contributed by atoms with van der Waals surface area (Å²) in [6, 6.07) is 9.13. The maximum atomic E-state index is 14.4. The van der Waals surface area contributed by atoms with Crippen LogP contribution in [0.3, 0.4) is 0 Å². The maximum absolute atomic E-state index is 14.4. The van der Waals surface area contributed by atoms with Crippen LogP contribution in [0.15, 0.2) is 60.9 Å². The van der Waals surface area contributed by atoms with Gasteiger partial charge in [0.25, 0.3) is 0 Å². The number of nitrogens with one attached hydrogen (secondary N) is 2. The Labute approximate surface area is 296 Å². The molecule has 0 radical (unpaired) electrons. The number of pyridine rings is 1. The van der Waals surface area contributed by atoms with E-state index in [2.05, 4.69) is 10.6 Å². The predicted molar refractivity (Wildman–Crippen MR) is 187 cm³/mol. The second-order valence-electron chi connectivity index (χ2n) is 14.1. The van der Waals surface area contributed by atoms with Crippen molar-refractivity contribution in [3.63, 3.8) is 0 Å². The highest BCUT2D eigenvalue weighted by Crippen LogP contribution is 2.45. The van der Waals surface area contributed by atoms with Crippen molar-refractivity contribution >= 4 is 34.8 Å². The van der Waals surface area contributed by atoms with E-state index in [1.165, 1.54) is 4.90 Å². The van der Waals surface area contributed by atoms with Crippen molar-refractivity contribution in [2.24, 2.45) is 5.92 Å². The molecule has 3 amide bonds. The molecule has 2 aliphatic heterocycles. The molecule has 5 atom stereocenters. The summed E-state index contributed by atoms with van der Waals surface area (Å²) in [5.41, 5.74) is -0.797. The highest BCUT2D eigenvalue weighted by molar-refractivity contribution is 5.96. The van der Waals surface area contributed by atoms with E-state index in [4.69, 9.17) is 19.2 Å². The van der Waals surface area contributed by atoms with E-state index in [-0.39, 0.29) is 31.4 Å². The minimum atomic E-state index is -1.43. The van der Waals surface area contributed by atoms with Gasteiger partial charge in [-0.25, -0.2) is 14.6 Å². The number of carbonyl (C=O) groups is 4. The zero-order chi connectivity index (χ0) is 35.5. The van der Waals surface area contributed by atoms with E-state index in [1.54, 1.807) is 7.11 Å². The molecule has 3 fully saturated rings. The van der Waals surface area contributed by atoms with Gasteiger partial charge in [-0.15, -0.1) is 0 Å². The molecule has 3 aromatic rings. The number of carbonyl (C=O) groups excluding carboxylic acids is 3. The van der Waals surface area contributed by atoms with E-state index in [0.29, 0.717) is 35.7 Å². The number of nitrogens with zero attached hydrogens (tertiary/aromatic N) is 3. The lowest BCUT2D eigenvalue weighted by Crippen LogP contribution is -2.56. The largest absolute Gasteiger partial charge is 0.497 e. The number of hydrogen-bond acceptors (Lipinski definition) is 8. The van der Waals surface area contributed by atoms with Gasteiger partial charge in [-0.3, -0.25) is 9.59 Å². The molecule has 13 nitrogen and oxygen atoms in total. The third-order valence-corrected chi connectivity index (χ3v) is 10.6. The zero-order valence-corrected chi connectivity index (χ0v) is 28.8. The van der Waals surface area contributed by atoms with Crippen LogP contribution in [0.4, 0.5) is 4.79 Å². The summed E-state index contributed by atoms with van der Waals surface area (Å²) in [5.74, 6) is -0.684. The molecular weight excluding hydrogens is 654 g/mol. The molecule has 270 valence electrons. The van der Waals surface area contributed by atoms with E-state index >= 15 is 0 Å². The van der Waals surface area contributed by atoms with Crippen LogP contribution in [0.1, 0.15) is 70.6 Å². The third-order valence-electron chi connectivity index (χ3n) is 10.6. The van der Waals surface area contributed by atoms with Gasteiger partial charge < -0.3 is 39.4 Å². The summed E-state index contributed by atoms with van der Waals surface area (Å²) in [5, 5.41) is 16.6. The number of benzene rings is 1. The molecule has 51 heavy (non-hydrogen) atoms. The normalized spacial score (nSPS) is 27.7. The van der Waals surface area contributed by atoms with E-state index in [0.717, 1.165) is 50.3 Å². The Morgan fingerprint density at radius 1 is 1.02 bits per heavy atom. The summed E-state index contributed by atoms with van der Waals surface area (Å²) in [6.07, 6.45) is 13.6. The van der Waals surface area contributed by atoms with E-state index < -0.39 is 47.6 Å². The lowest BCUT2D eigenvalue weighted by molar-refractivity contribution is -0.145. The Kier molecular flexibility index (Phi) is 9.88. The molecular formula is C38H45N5O8. The third kappa shape index (κ3) is 7.38. The highest BCUT2D eigenvalue weighted by Gasteiger charge is 2.61. The molecule has 2 saturated carbocycles. The number of aromatic nitrogens is 2. The molecule has 2 aromatic heterocycles. The van der Waals surface area contributed by atoms with Crippen molar-refractivity contribution < 1.29 is 38.5 Å². The van der Waals surface area contributed by atoms with Gasteiger partial charge in [0, 0.05) is 42.3 Å². The van der Waals surface area contributed by atoms with Gasteiger partial charge >= 0.3 is 12.1 Å². The minimum Gasteiger partial charge on any atom is -0.497 e. The van der Waals surface area contributed by atoms with Gasteiger partial charge in [-0.05, 0) is 75.6 Å². The van der Waals surface area contributed by atoms with Crippen LogP contribution in [0, 0.1) is 5.92 Å². The number of alkyl carbamates (subject to hydrolysis) is 1. The molecule has 0 spiro atoms. The molecule has 3 N–H and O–H groups in total. The second-order valence-corrected chi connectivity index (χ2v) is 14.1. The molecule has 1 saturated heterocycles. The zero-order valence-electron chi connectivity index (χ0n) is 28.8. The molecule has 7 rings (SSSR count). The van der Waals surface area contributed by atoms with Gasteiger partial charge in [-0.1, -0.05) is 25.0 Å². The van der Waals surface area contributed by atoms with Crippen LogP contribution >= 0.6 is 0 Å². The molecule has 2 aliphatic carbocycles. The average Bonchev–Trinajstić information content (AvgIpc) is 3.61. The molecule has 4 aliphatic rings. The number of methoxy groups -OCH3 is 1. The fourth-order valence-corrected chi connectivity index (χ4v) is 7.67. The first-order valence-corrected chi connectivity index (χ1v) is 18.0. The summed E-state index contributed by atoms with van der Waals surface area (Å²) >= 11 is 0. The van der Waals surface area contributed by atoms with E-state index in [9.17, 15) is 24.3 Å². The molecule has 4 heterocycles. The van der Waals surface area contributed by atoms with Gasteiger partial charge in [0.05, 0.1) is 19.2 Å². The smallest absolute Gasteiger partial charge is 0.408 e. The molecule has 0 bridgehead atoms. The Morgan fingerprint density at radius 2 is 1.80 bits per heavy atom. The number of fused-ring (bicyclic) bond motifs is 3. The first-order chi connectivity index (χ1) is 24.7. The number of amides is 3. The van der Waals surface area contributed by atoms with Crippen molar-refractivity contribution in [3.05, 3.63) is 60.9 Å². The number of rotatable bonds is 7. The molecule has 1 unspecified atom stereocenters. The topological polar surface area (TPSA) is 161 Å². The monoisotopic (exact) mass is 699 g/mol. The number of allylic oxidation sites excluding steroid dienone is 1. The number of carboxylic acid groups (broad SMARTS) is 1. The summed E-state index contributed by atoms with van der Waals surface area (Å²) in [4.78, 5) is 60.4. The summed E-state index contributed by atoms with van der Waals surface area (Å²) in [6.45, 7) is 0.0506. The van der Waals surface area contributed by atoms with Crippen LogP contribution in [-0.2, 0) is 19.1 Å². The predicted octanol–water partition coefficient (Wildman–Crippen LogP) is 4.90. The Morgan fingerprint density at radius 3 is 2.57 bits per heavy atom. The number of carboxylic acids is 1. The van der Waals surface area contributed by atoms with Crippen molar-refractivity contribution in [1.29, 1.82) is 0 Å². The minimum absolute atomic E-state index is 0.0506. The Hall–Kier alpha value is -5.07. The van der Waals surface area contributed by atoms with Crippen LogP contribution in [0.25, 0.3) is 16.7 Å². The maximum Gasteiger partial charge on any atom is 0.408 e. The van der Waals surface area contributed by atoms with Gasteiger partial charge in [-0.2, -0.15) is 0 Å². The summed E-state index contributed by atoms with van der Waals surface area (Å²) in [7, 11) is 1.58. The lowest BCUT2D eigenvalue weighted by Gasteiger charge is -2.29. The molecule has 1 aromatic carbocycles. The van der Waals surface area contributed by atoms with Crippen LogP contribution in [0.5, 0.6) is 11.5 Å². The second kappa shape index (κ2) is 14.7. The van der Waals surface area contributed by atoms with Gasteiger partial charge in [0.1, 0.15) is 47.1 Å². The quantitative estimate of drug-likeness (QED) is 0.292. The van der Waals surface area contributed by atoms with Gasteiger partial charge in [0.2, 0.25) is 11.8 Å².